The molecule has 0 saturated carbocycles. The van der Waals surface area contributed by atoms with Gasteiger partial charge in [-0.25, -0.2) is 22.7 Å². The number of aromatic nitrogens is 3. The maximum absolute atomic E-state index is 14.9. The summed E-state index contributed by atoms with van der Waals surface area (Å²) in [6.07, 6.45) is 1.37. The molecule has 1 fully saturated rings. The molecule has 3 heterocycles. The number of nitriles is 1. The topological polar surface area (TPSA) is 57.2 Å². The van der Waals surface area contributed by atoms with E-state index in [-0.39, 0.29) is 23.6 Å². The van der Waals surface area contributed by atoms with E-state index < -0.39 is 23.7 Å². The van der Waals surface area contributed by atoms with E-state index in [1.54, 1.807) is 12.1 Å². The number of rotatable bonds is 2. The molecule has 0 radical (unpaired) electrons. The zero-order chi connectivity index (χ0) is 18.5. The quantitative estimate of drug-likeness (QED) is 0.704. The molecule has 132 valence electrons. The molecule has 0 spiro atoms. The van der Waals surface area contributed by atoms with Crippen LogP contribution in [-0.2, 0) is 0 Å². The molecule has 1 unspecified atom stereocenters. The number of halogens is 3. The second-order valence-corrected chi connectivity index (χ2v) is 6.40. The summed E-state index contributed by atoms with van der Waals surface area (Å²) in [5.41, 5.74) is 0.849. The van der Waals surface area contributed by atoms with Gasteiger partial charge in [0.25, 0.3) is 5.92 Å². The lowest BCUT2D eigenvalue weighted by Gasteiger charge is -2.29. The smallest absolute Gasteiger partial charge is 0.276 e. The van der Waals surface area contributed by atoms with E-state index in [1.807, 2.05) is 6.07 Å². The average Bonchev–Trinajstić information content (AvgIpc) is 3.12. The van der Waals surface area contributed by atoms with Gasteiger partial charge in [0.15, 0.2) is 11.3 Å². The molecule has 1 saturated heterocycles. The van der Waals surface area contributed by atoms with Crippen molar-refractivity contribution in [2.75, 3.05) is 11.4 Å². The van der Waals surface area contributed by atoms with E-state index in [1.165, 1.54) is 40.7 Å². The third-order valence-corrected chi connectivity index (χ3v) is 4.73. The van der Waals surface area contributed by atoms with Crippen LogP contribution in [0.2, 0.25) is 0 Å². The SMILES string of the molecule is C[C@@H]1CN(c2ccc3ncc(C#N)n3n2)C(c2cccc(F)c2)C1(F)F. The van der Waals surface area contributed by atoms with Crippen molar-refractivity contribution in [2.24, 2.45) is 5.92 Å². The van der Waals surface area contributed by atoms with Gasteiger partial charge in [0, 0.05) is 12.5 Å². The minimum Gasteiger partial charge on any atom is -0.342 e. The molecular formula is C18H14F3N5. The first-order chi connectivity index (χ1) is 12.4. The van der Waals surface area contributed by atoms with Crippen molar-refractivity contribution in [3.63, 3.8) is 0 Å². The van der Waals surface area contributed by atoms with Crippen LogP contribution in [-0.4, -0.2) is 27.1 Å². The van der Waals surface area contributed by atoms with Crippen molar-refractivity contribution in [2.45, 2.75) is 18.9 Å². The molecule has 26 heavy (non-hydrogen) atoms. The Labute approximate surface area is 147 Å². The molecule has 3 aromatic rings. The first kappa shape index (κ1) is 16.4. The summed E-state index contributed by atoms with van der Waals surface area (Å²) in [5.74, 6) is -4.28. The Bertz CT molecular complexity index is 1020. The van der Waals surface area contributed by atoms with Crippen LogP contribution in [0.1, 0.15) is 24.2 Å². The van der Waals surface area contributed by atoms with Crippen LogP contribution in [0.15, 0.2) is 42.6 Å². The van der Waals surface area contributed by atoms with Crippen LogP contribution in [0.5, 0.6) is 0 Å². The molecule has 0 N–H and O–H groups in total. The Morgan fingerprint density at radius 1 is 1.27 bits per heavy atom. The molecule has 1 aliphatic heterocycles. The molecule has 1 aromatic carbocycles. The summed E-state index contributed by atoms with van der Waals surface area (Å²) in [7, 11) is 0. The number of fused-ring (bicyclic) bond motifs is 1. The summed E-state index contributed by atoms with van der Waals surface area (Å²) in [5, 5.41) is 13.5. The zero-order valence-corrected chi connectivity index (χ0v) is 13.8. The lowest BCUT2D eigenvalue weighted by Crippen LogP contribution is -2.33. The van der Waals surface area contributed by atoms with Crippen LogP contribution in [0.25, 0.3) is 5.65 Å². The van der Waals surface area contributed by atoms with Crippen molar-refractivity contribution in [3.8, 4) is 6.07 Å². The van der Waals surface area contributed by atoms with E-state index >= 15 is 0 Å². The molecule has 8 heteroatoms. The van der Waals surface area contributed by atoms with E-state index in [0.717, 1.165) is 6.07 Å². The first-order valence-electron chi connectivity index (χ1n) is 8.06. The molecular weight excluding hydrogens is 343 g/mol. The maximum Gasteiger partial charge on any atom is 0.276 e. The summed E-state index contributed by atoms with van der Waals surface area (Å²) in [6, 6.07) is 9.08. The fourth-order valence-electron chi connectivity index (χ4n) is 3.40. The first-order valence-corrected chi connectivity index (χ1v) is 8.06. The molecule has 1 aliphatic rings. The Morgan fingerprint density at radius 2 is 2.08 bits per heavy atom. The van der Waals surface area contributed by atoms with E-state index in [2.05, 4.69) is 10.1 Å². The minimum atomic E-state index is -3.06. The molecule has 2 atom stereocenters. The van der Waals surface area contributed by atoms with Crippen LogP contribution >= 0.6 is 0 Å². The van der Waals surface area contributed by atoms with Gasteiger partial charge < -0.3 is 4.90 Å². The van der Waals surface area contributed by atoms with Crippen molar-refractivity contribution < 1.29 is 13.2 Å². The van der Waals surface area contributed by atoms with Crippen LogP contribution in [0, 0.1) is 23.1 Å². The van der Waals surface area contributed by atoms with E-state index in [4.69, 9.17) is 5.26 Å². The number of anilines is 1. The van der Waals surface area contributed by atoms with Gasteiger partial charge in [0.1, 0.15) is 23.7 Å². The standard InChI is InChI=1S/C18H14F3N5/c1-11-10-25(16-6-5-15-23-9-14(8-22)26(15)24-16)17(18(11,20)21)12-3-2-4-13(19)7-12/h2-7,9,11,17H,10H2,1H3/t11-,17?/m1/s1. The number of imidazole rings is 1. The van der Waals surface area contributed by atoms with Gasteiger partial charge in [-0.3, -0.25) is 0 Å². The Kier molecular flexibility index (Phi) is 3.61. The third kappa shape index (κ3) is 2.39. The fourth-order valence-corrected chi connectivity index (χ4v) is 3.40. The highest BCUT2D eigenvalue weighted by Gasteiger charge is 2.55. The summed E-state index contributed by atoms with van der Waals surface area (Å²) < 4.78 is 44.7. The van der Waals surface area contributed by atoms with Gasteiger partial charge in [-0.2, -0.15) is 5.26 Å². The van der Waals surface area contributed by atoms with Crippen molar-refractivity contribution in [1.29, 1.82) is 5.26 Å². The van der Waals surface area contributed by atoms with Crippen molar-refractivity contribution >= 4 is 11.5 Å². The Hall–Kier alpha value is -3.08. The third-order valence-electron chi connectivity index (χ3n) is 4.73. The van der Waals surface area contributed by atoms with Gasteiger partial charge >= 0.3 is 0 Å². The minimum absolute atomic E-state index is 0.0588. The molecule has 5 nitrogen and oxygen atoms in total. The number of hydrogen-bond donors (Lipinski definition) is 0. The summed E-state index contributed by atoms with van der Waals surface area (Å²) >= 11 is 0. The highest BCUT2D eigenvalue weighted by Crippen LogP contribution is 2.49. The Balaban J connectivity index is 1.85. The summed E-state index contributed by atoms with van der Waals surface area (Å²) in [6.45, 7) is 1.52. The maximum atomic E-state index is 14.9. The fraction of sp³-hybridized carbons (Fsp3) is 0.278. The predicted molar refractivity (Wildman–Crippen MR) is 88.3 cm³/mol. The number of nitrogens with zero attached hydrogens (tertiary/aromatic N) is 5. The number of benzene rings is 1. The molecule has 4 rings (SSSR count). The summed E-state index contributed by atoms with van der Waals surface area (Å²) in [4.78, 5) is 5.51. The van der Waals surface area contributed by atoms with Crippen molar-refractivity contribution in [3.05, 3.63) is 59.7 Å². The van der Waals surface area contributed by atoms with E-state index in [9.17, 15) is 13.2 Å². The highest BCUT2D eigenvalue weighted by atomic mass is 19.3. The van der Waals surface area contributed by atoms with Crippen LogP contribution in [0.4, 0.5) is 19.0 Å². The average molecular weight is 357 g/mol. The van der Waals surface area contributed by atoms with Gasteiger partial charge in [0.05, 0.1) is 6.20 Å². The van der Waals surface area contributed by atoms with Gasteiger partial charge in [-0.1, -0.05) is 19.1 Å². The second kappa shape index (κ2) is 5.73. The Morgan fingerprint density at radius 3 is 2.81 bits per heavy atom. The predicted octanol–water partition coefficient (Wildman–Crippen LogP) is 3.57. The number of alkyl halides is 2. The van der Waals surface area contributed by atoms with Crippen molar-refractivity contribution in [1.82, 2.24) is 14.6 Å². The van der Waals surface area contributed by atoms with Crippen LogP contribution in [0.3, 0.4) is 0 Å². The zero-order valence-electron chi connectivity index (χ0n) is 13.8. The lowest BCUT2D eigenvalue weighted by atomic mass is 9.96. The lowest BCUT2D eigenvalue weighted by molar-refractivity contribution is -0.0438. The van der Waals surface area contributed by atoms with Gasteiger partial charge in [-0.15, -0.1) is 5.10 Å². The monoisotopic (exact) mass is 357 g/mol. The van der Waals surface area contributed by atoms with Crippen LogP contribution < -0.4 is 4.90 Å². The van der Waals surface area contributed by atoms with Gasteiger partial charge in [-0.05, 0) is 29.8 Å². The molecule has 0 aliphatic carbocycles. The molecule has 0 bridgehead atoms. The highest BCUT2D eigenvalue weighted by molar-refractivity contribution is 5.51. The number of hydrogen-bond acceptors (Lipinski definition) is 4. The normalized spacial score (nSPS) is 21.9. The van der Waals surface area contributed by atoms with E-state index in [0.29, 0.717) is 5.65 Å². The molecule has 2 aromatic heterocycles. The largest absolute Gasteiger partial charge is 0.342 e. The second-order valence-electron chi connectivity index (χ2n) is 6.40. The van der Waals surface area contributed by atoms with Gasteiger partial charge in [0.2, 0.25) is 0 Å². The molecule has 0 amide bonds.